The average molecular weight is 282 g/mol. The number of hydrogen-bond donors (Lipinski definition) is 1. The summed E-state index contributed by atoms with van der Waals surface area (Å²) in [7, 11) is 0. The van der Waals surface area contributed by atoms with Gasteiger partial charge in [-0.25, -0.2) is 4.98 Å². The number of rotatable bonds is 5. The average Bonchev–Trinajstić information content (AvgIpc) is 2.80. The zero-order chi connectivity index (χ0) is 13.7. The first-order chi connectivity index (χ1) is 9.16. The van der Waals surface area contributed by atoms with Gasteiger partial charge in [-0.15, -0.1) is 0 Å². The monoisotopic (exact) mass is 281 g/mol. The van der Waals surface area contributed by atoms with Crippen molar-refractivity contribution in [3.63, 3.8) is 0 Å². The minimum absolute atomic E-state index is 0.169. The van der Waals surface area contributed by atoms with Crippen LogP contribution in [0.3, 0.4) is 0 Å². The Balaban J connectivity index is 1.71. The Bertz CT molecular complexity index is 479. The van der Waals surface area contributed by atoms with Crippen molar-refractivity contribution in [2.75, 3.05) is 19.6 Å². The van der Waals surface area contributed by atoms with Crippen molar-refractivity contribution in [1.82, 2.24) is 15.2 Å². The van der Waals surface area contributed by atoms with Crippen molar-refractivity contribution in [2.24, 2.45) is 0 Å². The standard InChI is InChI=1S/C13H16ClN3O2/c14-11-9-10(4-6-15-11)13(19)16-5-2-8-17-7-1-3-12(17)18/h4,6,9H,1-3,5,7-8H2,(H,16,19). The lowest BCUT2D eigenvalue weighted by molar-refractivity contribution is -0.127. The molecular formula is C13H16ClN3O2. The Hall–Kier alpha value is -1.62. The number of carbonyl (C=O) groups is 2. The smallest absolute Gasteiger partial charge is 0.251 e. The van der Waals surface area contributed by atoms with Gasteiger partial charge in [0.2, 0.25) is 5.91 Å². The maximum Gasteiger partial charge on any atom is 0.251 e. The van der Waals surface area contributed by atoms with Crippen LogP contribution < -0.4 is 5.32 Å². The van der Waals surface area contributed by atoms with E-state index in [2.05, 4.69) is 10.3 Å². The molecule has 0 unspecified atom stereocenters. The molecule has 1 saturated heterocycles. The van der Waals surface area contributed by atoms with Crippen molar-refractivity contribution in [3.8, 4) is 0 Å². The van der Waals surface area contributed by atoms with Gasteiger partial charge in [0, 0.05) is 37.8 Å². The third kappa shape index (κ3) is 3.92. The van der Waals surface area contributed by atoms with Crippen LogP contribution in [0.1, 0.15) is 29.6 Å². The van der Waals surface area contributed by atoms with Gasteiger partial charge in [0.25, 0.3) is 5.91 Å². The molecule has 1 aliphatic rings. The Kier molecular flexibility index (Phi) is 4.74. The molecule has 1 aromatic heterocycles. The van der Waals surface area contributed by atoms with Gasteiger partial charge in [0.1, 0.15) is 5.15 Å². The number of nitrogens with one attached hydrogen (secondary N) is 1. The predicted molar refractivity (Wildman–Crippen MR) is 72.0 cm³/mol. The second kappa shape index (κ2) is 6.52. The van der Waals surface area contributed by atoms with Crippen LogP contribution in [-0.4, -0.2) is 41.3 Å². The van der Waals surface area contributed by atoms with Crippen molar-refractivity contribution in [3.05, 3.63) is 29.0 Å². The zero-order valence-corrected chi connectivity index (χ0v) is 11.3. The maximum atomic E-state index is 11.8. The molecule has 1 aliphatic heterocycles. The highest BCUT2D eigenvalue weighted by Crippen LogP contribution is 2.09. The molecule has 1 N–H and O–H groups in total. The molecule has 0 atom stereocenters. The van der Waals surface area contributed by atoms with E-state index in [1.807, 2.05) is 4.90 Å². The summed E-state index contributed by atoms with van der Waals surface area (Å²) in [5.41, 5.74) is 0.497. The third-order valence-corrected chi connectivity index (χ3v) is 3.26. The van der Waals surface area contributed by atoms with Crippen molar-refractivity contribution in [1.29, 1.82) is 0 Å². The summed E-state index contributed by atoms with van der Waals surface area (Å²) in [5.74, 6) is 0.0456. The van der Waals surface area contributed by atoms with E-state index in [-0.39, 0.29) is 11.8 Å². The second-order valence-corrected chi connectivity index (χ2v) is 4.85. The van der Waals surface area contributed by atoms with E-state index in [0.717, 1.165) is 19.4 Å². The second-order valence-electron chi connectivity index (χ2n) is 4.46. The van der Waals surface area contributed by atoms with Crippen LogP contribution in [-0.2, 0) is 4.79 Å². The lowest BCUT2D eigenvalue weighted by Crippen LogP contribution is -2.30. The number of aromatic nitrogens is 1. The number of pyridine rings is 1. The van der Waals surface area contributed by atoms with Gasteiger partial charge >= 0.3 is 0 Å². The number of carbonyl (C=O) groups excluding carboxylic acids is 2. The van der Waals surface area contributed by atoms with Crippen LogP contribution in [0.4, 0.5) is 0 Å². The largest absolute Gasteiger partial charge is 0.352 e. The van der Waals surface area contributed by atoms with E-state index < -0.39 is 0 Å². The highest BCUT2D eigenvalue weighted by molar-refractivity contribution is 6.29. The number of halogens is 1. The molecule has 1 aromatic rings. The Morgan fingerprint density at radius 1 is 1.53 bits per heavy atom. The van der Waals surface area contributed by atoms with E-state index in [4.69, 9.17) is 11.6 Å². The predicted octanol–water partition coefficient (Wildman–Crippen LogP) is 1.48. The summed E-state index contributed by atoms with van der Waals surface area (Å²) in [6.07, 6.45) is 3.86. The van der Waals surface area contributed by atoms with E-state index in [0.29, 0.717) is 30.2 Å². The minimum Gasteiger partial charge on any atom is -0.352 e. The van der Waals surface area contributed by atoms with E-state index >= 15 is 0 Å². The van der Waals surface area contributed by atoms with E-state index in [1.165, 1.54) is 12.3 Å². The molecule has 1 fully saturated rings. The van der Waals surface area contributed by atoms with Crippen LogP contribution in [0.5, 0.6) is 0 Å². The summed E-state index contributed by atoms with van der Waals surface area (Å²) in [4.78, 5) is 28.8. The molecule has 0 aliphatic carbocycles. The summed E-state index contributed by atoms with van der Waals surface area (Å²) >= 11 is 5.72. The lowest BCUT2D eigenvalue weighted by atomic mass is 10.2. The molecule has 0 spiro atoms. The fourth-order valence-corrected chi connectivity index (χ4v) is 2.23. The number of amides is 2. The van der Waals surface area contributed by atoms with Crippen molar-refractivity contribution >= 4 is 23.4 Å². The van der Waals surface area contributed by atoms with E-state index in [9.17, 15) is 9.59 Å². The molecule has 2 heterocycles. The maximum absolute atomic E-state index is 11.8. The number of nitrogens with zero attached hydrogens (tertiary/aromatic N) is 2. The first kappa shape index (κ1) is 13.8. The molecule has 19 heavy (non-hydrogen) atoms. The van der Waals surface area contributed by atoms with Gasteiger partial charge in [0.05, 0.1) is 0 Å². The highest BCUT2D eigenvalue weighted by atomic mass is 35.5. The Morgan fingerprint density at radius 2 is 2.37 bits per heavy atom. The molecule has 0 bridgehead atoms. The molecule has 102 valence electrons. The first-order valence-electron chi connectivity index (χ1n) is 6.34. The van der Waals surface area contributed by atoms with Crippen LogP contribution in [0.2, 0.25) is 5.15 Å². The molecule has 0 radical (unpaired) electrons. The Morgan fingerprint density at radius 3 is 3.05 bits per heavy atom. The molecule has 2 rings (SSSR count). The molecule has 0 saturated carbocycles. The fourth-order valence-electron chi connectivity index (χ4n) is 2.06. The summed E-state index contributed by atoms with van der Waals surface area (Å²) in [6, 6.07) is 3.14. The van der Waals surface area contributed by atoms with Gasteiger partial charge in [-0.2, -0.15) is 0 Å². The molecule has 5 nitrogen and oxygen atoms in total. The van der Waals surface area contributed by atoms with Crippen molar-refractivity contribution < 1.29 is 9.59 Å². The summed E-state index contributed by atoms with van der Waals surface area (Å²) < 4.78 is 0. The molecule has 2 amide bonds. The fraction of sp³-hybridized carbons (Fsp3) is 0.462. The van der Waals surface area contributed by atoms with E-state index in [1.54, 1.807) is 6.07 Å². The molecule has 0 aromatic carbocycles. The van der Waals surface area contributed by atoms with Gasteiger partial charge in [-0.3, -0.25) is 9.59 Å². The summed E-state index contributed by atoms with van der Waals surface area (Å²) in [5, 5.41) is 3.10. The van der Waals surface area contributed by atoms with Gasteiger partial charge in [-0.1, -0.05) is 11.6 Å². The quantitative estimate of drug-likeness (QED) is 0.657. The minimum atomic E-state index is -0.169. The molecular weight excluding hydrogens is 266 g/mol. The third-order valence-electron chi connectivity index (χ3n) is 3.05. The summed E-state index contributed by atoms with van der Waals surface area (Å²) in [6.45, 7) is 2.09. The van der Waals surface area contributed by atoms with Gasteiger partial charge in [0.15, 0.2) is 0 Å². The SMILES string of the molecule is O=C(NCCCN1CCCC1=O)c1ccnc(Cl)c1. The van der Waals surface area contributed by atoms with Gasteiger partial charge < -0.3 is 10.2 Å². The first-order valence-corrected chi connectivity index (χ1v) is 6.72. The Labute approximate surface area is 117 Å². The van der Waals surface area contributed by atoms with Crippen molar-refractivity contribution in [2.45, 2.75) is 19.3 Å². The molecule has 6 heteroatoms. The van der Waals surface area contributed by atoms with Crippen LogP contribution >= 0.6 is 11.6 Å². The zero-order valence-electron chi connectivity index (χ0n) is 10.6. The normalized spacial score (nSPS) is 14.8. The van der Waals surface area contributed by atoms with Crippen LogP contribution in [0.25, 0.3) is 0 Å². The lowest BCUT2D eigenvalue weighted by Gasteiger charge is -2.15. The van der Waals surface area contributed by atoms with Gasteiger partial charge in [-0.05, 0) is 25.0 Å². The number of hydrogen-bond acceptors (Lipinski definition) is 3. The van der Waals surface area contributed by atoms with Crippen LogP contribution in [0, 0.1) is 0 Å². The van der Waals surface area contributed by atoms with Crippen LogP contribution in [0.15, 0.2) is 18.3 Å². The topological polar surface area (TPSA) is 62.3 Å². The highest BCUT2D eigenvalue weighted by Gasteiger charge is 2.19. The number of likely N-dealkylation sites (tertiary alicyclic amines) is 1.